The first-order valence-corrected chi connectivity index (χ1v) is 3.41. The van der Waals surface area contributed by atoms with Crippen molar-refractivity contribution in [1.82, 2.24) is 4.90 Å². The van der Waals surface area contributed by atoms with Crippen molar-refractivity contribution in [2.24, 2.45) is 5.73 Å². The third-order valence-electron chi connectivity index (χ3n) is 1.73. The summed E-state index contributed by atoms with van der Waals surface area (Å²) in [6.45, 7) is 3.06. The second-order valence-corrected chi connectivity index (χ2v) is 2.57. The van der Waals surface area contributed by atoms with E-state index in [0.717, 1.165) is 26.1 Å². The molecule has 0 aromatic heterocycles. The Hall–Kier alpha value is 0.170. The first kappa shape index (κ1) is 10.2. The van der Waals surface area contributed by atoms with Gasteiger partial charge in [-0.2, -0.15) is 0 Å². The fraction of sp³-hybridized carbons (Fsp3) is 1.00. The standard InChI is InChI=1S/C6H14N2O.ClH/c7-6-1-2-8(5-6)3-4-9;/h6,9H,1-5,7H2;1H/t6-;/m0./s1. The Balaban J connectivity index is 0.000000810. The van der Waals surface area contributed by atoms with Crippen LogP contribution in [0.1, 0.15) is 6.42 Å². The van der Waals surface area contributed by atoms with Crippen LogP contribution in [0.2, 0.25) is 0 Å². The molecule has 0 bridgehead atoms. The molecule has 1 saturated heterocycles. The number of hydrogen-bond acceptors (Lipinski definition) is 3. The van der Waals surface area contributed by atoms with Gasteiger partial charge in [-0.05, 0) is 13.0 Å². The Bertz CT molecular complexity index is 89.8. The van der Waals surface area contributed by atoms with Crippen molar-refractivity contribution in [3.63, 3.8) is 0 Å². The van der Waals surface area contributed by atoms with Gasteiger partial charge in [-0.3, -0.25) is 4.90 Å². The molecule has 0 aromatic rings. The van der Waals surface area contributed by atoms with E-state index in [1.54, 1.807) is 0 Å². The van der Waals surface area contributed by atoms with Gasteiger partial charge in [0, 0.05) is 19.1 Å². The third-order valence-corrected chi connectivity index (χ3v) is 1.73. The van der Waals surface area contributed by atoms with Crippen LogP contribution in [0.25, 0.3) is 0 Å². The molecule has 0 aliphatic carbocycles. The average Bonchev–Trinajstić information content (AvgIpc) is 2.17. The Morgan fingerprint density at radius 3 is 2.70 bits per heavy atom. The summed E-state index contributed by atoms with van der Waals surface area (Å²) in [5.41, 5.74) is 5.63. The van der Waals surface area contributed by atoms with Gasteiger partial charge in [-0.25, -0.2) is 0 Å². The summed E-state index contributed by atoms with van der Waals surface area (Å²) in [6.07, 6.45) is 1.08. The SMILES string of the molecule is Cl.N[C@H]1CCN(CCO)C1. The summed E-state index contributed by atoms with van der Waals surface area (Å²) in [7, 11) is 0. The molecule has 4 heteroatoms. The van der Waals surface area contributed by atoms with Crippen LogP contribution < -0.4 is 5.73 Å². The largest absolute Gasteiger partial charge is 0.395 e. The molecule has 1 heterocycles. The van der Waals surface area contributed by atoms with Crippen LogP contribution in [0.4, 0.5) is 0 Å². The van der Waals surface area contributed by atoms with Crippen molar-refractivity contribution in [3.05, 3.63) is 0 Å². The van der Waals surface area contributed by atoms with Crippen LogP contribution in [-0.2, 0) is 0 Å². The predicted molar refractivity (Wildman–Crippen MR) is 43.4 cm³/mol. The first-order valence-electron chi connectivity index (χ1n) is 3.41. The van der Waals surface area contributed by atoms with Crippen LogP contribution in [0, 0.1) is 0 Å². The fourth-order valence-corrected chi connectivity index (χ4v) is 1.21. The number of aliphatic hydroxyl groups excluding tert-OH is 1. The van der Waals surface area contributed by atoms with Crippen LogP contribution >= 0.6 is 12.4 Å². The van der Waals surface area contributed by atoms with Gasteiger partial charge in [0.2, 0.25) is 0 Å². The molecule has 1 aliphatic heterocycles. The fourth-order valence-electron chi connectivity index (χ4n) is 1.21. The van der Waals surface area contributed by atoms with Gasteiger partial charge in [0.05, 0.1) is 6.61 Å². The van der Waals surface area contributed by atoms with Crippen LogP contribution in [0.5, 0.6) is 0 Å². The van der Waals surface area contributed by atoms with Crippen molar-refractivity contribution in [2.75, 3.05) is 26.2 Å². The number of aliphatic hydroxyl groups is 1. The number of nitrogens with two attached hydrogens (primary N) is 1. The first-order chi connectivity index (χ1) is 4.33. The van der Waals surface area contributed by atoms with Crippen molar-refractivity contribution in [3.8, 4) is 0 Å². The van der Waals surface area contributed by atoms with E-state index in [0.29, 0.717) is 6.04 Å². The molecule has 3 N–H and O–H groups in total. The van der Waals surface area contributed by atoms with Gasteiger partial charge in [0.1, 0.15) is 0 Å². The van der Waals surface area contributed by atoms with Crippen molar-refractivity contribution in [2.45, 2.75) is 12.5 Å². The van der Waals surface area contributed by atoms with Gasteiger partial charge in [-0.1, -0.05) is 0 Å². The molecule has 0 saturated carbocycles. The van der Waals surface area contributed by atoms with Gasteiger partial charge < -0.3 is 10.8 Å². The number of nitrogens with zero attached hydrogens (tertiary/aromatic N) is 1. The normalized spacial score (nSPS) is 26.4. The summed E-state index contributed by atoms with van der Waals surface area (Å²) >= 11 is 0. The zero-order valence-electron chi connectivity index (χ0n) is 5.99. The molecule has 10 heavy (non-hydrogen) atoms. The smallest absolute Gasteiger partial charge is 0.0558 e. The molecule has 0 radical (unpaired) electrons. The highest BCUT2D eigenvalue weighted by atomic mass is 35.5. The summed E-state index contributed by atoms with van der Waals surface area (Å²) in [5.74, 6) is 0. The van der Waals surface area contributed by atoms with Gasteiger partial charge in [0.25, 0.3) is 0 Å². The highest BCUT2D eigenvalue weighted by Gasteiger charge is 2.17. The summed E-state index contributed by atoms with van der Waals surface area (Å²) in [4.78, 5) is 2.19. The van der Waals surface area contributed by atoms with E-state index in [4.69, 9.17) is 10.8 Å². The number of likely N-dealkylation sites (tertiary alicyclic amines) is 1. The van der Waals surface area contributed by atoms with Crippen molar-refractivity contribution < 1.29 is 5.11 Å². The van der Waals surface area contributed by atoms with E-state index in [1.165, 1.54) is 0 Å². The second-order valence-electron chi connectivity index (χ2n) is 2.57. The molecule has 0 amide bonds. The Morgan fingerprint density at radius 2 is 2.30 bits per heavy atom. The minimum absolute atomic E-state index is 0. The number of halogens is 1. The molecule has 1 aliphatic rings. The van der Waals surface area contributed by atoms with E-state index in [-0.39, 0.29) is 19.0 Å². The van der Waals surface area contributed by atoms with Gasteiger partial charge >= 0.3 is 0 Å². The van der Waals surface area contributed by atoms with Gasteiger partial charge in [0.15, 0.2) is 0 Å². The lowest BCUT2D eigenvalue weighted by molar-refractivity contribution is 0.220. The molecule has 0 unspecified atom stereocenters. The zero-order valence-corrected chi connectivity index (χ0v) is 6.81. The highest BCUT2D eigenvalue weighted by Crippen LogP contribution is 2.04. The summed E-state index contributed by atoms with van der Waals surface area (Å²) < 4.78 is 0. The lowest BCUT2D eigenvalue weighted by Crippen LogP contribution is -2.28. The van der Waals surface area contributed by atoms with E-state index in [1.807, 2.05) is 0 Å². The molecule has 62 valence electrons. The average molecular weight is 167 g/mol. The van der Waals surface area contributed by atoms with Crippen LogP contribution in [0.3, 0.4) is 0 Å². The van der Waals surface area contributed by atoms with E-state index in [2.05, 4.69) is 4.90 Å². The van der Waals surface area contributed by atoms with Crippen LogP contribution in [0.15, 0.2) is 0 Å². The zero-order chi connectivity index (χ0) is 6.69. The minimum Gasteiger partial charge on any atom is -0.395 e. The molecule has 0 spiro atoms. The molecule has 0 aromatic carbocycles. The maximum atomic E-state index is 8.53. The topological polar surface area (TPSA) is 49.5 Å². The molecule has 1 rings (SSSR count). The number of β-amino-alcohol motifs (C(OH)–C–C–N with tert-alkyl or cyclic N) is 1. The lowest BCUT2D eigenvalue weighted by Gasteiger charge is -2.11. The van der Waals surface area contributed by atoms with E-state index < -0.39 is 0 Å². The second kappa shape index (κ2) is 4.91. The molecule has 1 atom stereocenters. The van der Waals surface area contributed by atoms with Gasteiger partial charge in [-0.15, -0.1) is 12.4 Å². The highest BCUT2D eigenvalue weighted by molar-refractivity contribution is 5.85. The van der Waals surface area contributed by atoms with Crippen molar-refractivity contribution >= 4 is 12.4 Å². The molecular formula is C6H15ClN2O. The maximum Gasteiger partial charge on any atom is 0.0558 e. The van der Waals surface area contributed by atoms with Crippen molar-refractivity contribution in [1.29, 1.82) is 0 Å². The predicted octanol–water partition coefficient (Wildman–Crippen LogP) is -0.567. The Labute approximate surface area is 67.6 Å². The van der Waals surface area contributed by atoms with E-state index >= 15 is 0 Å². The third kappa shape index (κ3) is 2.84. The Kier molecular flexibility index (Phi) is 4.99. The number of hydrogen-bond donors (Lipinski definition) is 2. The maximum absolute atomic E-state index is 8.53. The summed E-state index contributed by atoms with van der Waals surface area (Å²) in [6, 6.07) is 0.344. The lowest BCUT2D eigenvalue weighted by atomic mass is 10.3. The van der Waals surface area contributed by atoms with E-state index in [9.17, 15) is 0 Å². The number of rotatable bonds is 2. The monoisotopic (exact) mass is 166 g/mol. The summed E-state index contributed by atoms with van der Waals surface area (Å²) in [5, 5.41) is 8.53. The molecular weight excluding hydrogens is 152 g/mol. The molecule has 1 fully saturated rings. The molecule has 3 nitrogen and oxygen atoms in total. The quantitative estimate of drug-likeness (QED) is 0.578. The van der Waals surface area contributed by atoms with Crippen LogP contribution in [-0.4, -0.2) is 42.3 Å². The Morgan fingerprint density at radius 1 is 1.60 bits per heavy atom. The minimum atomic E-state index is 0.